The smallest absolute Gasteiger partial charge is 0.404 e. The van der Waals surface area contributed by atoms with E-state index in [9.17, 15) is 9.59 Å². The van der Waals surface area contributed by atoms with E-state index >= 15 is 0 Å². The van der Waals surface area contributed by atoms with Gasteiger partial charge in [0.05, 0.1) is 6.54 Å². The van der Waals surface area contributed by atoms with Crippen LogP contribution in [0.4, 0.5) is 10.5 Å². The van der Waals surface area contributed by atoms with Crippen molar-refractivity contribution in [1.82, 2.24) is 0 Å². The van der Waals surface area contributed by atoms with Gasteiger partial charge in [0.2, 0.25) is 5.91 Å². The fourth-order valence-corrected chi connectivity index (χ4v) is 1.05. The molecule has 0 aromatic heterocycles. The van der Waals surface area contributed by atoms with Crippen molar-refractivity contribution >= 4 is 17.7 Å². The number of nitrogens with one attached hydrogen (secondary N) is 1. The van der Waals surface area contributed by atoms with Crippen LogP contribution in [-0.2, 0) is 16.1 Å². The van der Waals surface area contributed by atoms with Gasteiger partial charge in [-0.3, -0.25) is 4.79 Å². The van der Waals surface area contributed by atoms with Gasteiger partial charge in [0, 0.05) is 5.69 Å². The van der Waals surface area contributed by atoms with Crippen LogP contribution in [0.1, 0.15) is 5.56 Å². The van der Waals surface area contributed by atoms with Crippen molar-refractivity contribution in [3.8, 4) is 0 Å². The summed E-state index contributed by atoms with van der Waals surface area (Å²) in [7, 11) is 0. The molecule has 0 aliphatic heterocycles. The highest BCUT2D eigenvalue weighted by atomic mass is 16.5. The third kappa shape index (κ3) is 3.97. The zero-order valence-electron chi connectivity index (χ0n) is 8.60. The highest BCUT2D eigenvalue weighted by Gasteiger charge is 2.00. The Kier molecular flexibility index (Phi) is 4.28. The maximum atomic E-state index is 11.0. The number of primary amides is 1. The fraction of sp³-hybridized carbons (Fsp3) is 0.200. The lowest BCUT2D eigenvalue weighted by atomic mass is 10.2. The van der Waals surface area contributed by atoms with Crippen molar-refractivity contribution in [3.05, 3.63) is 29.8 Å². The minimum Gasteiger partial charge on any atom is -0.445 e. The first-order chi connectivity index (χ1) is 7.61. The molecule has 0 bridgehead atoms. The van der Waals surface area contributed by atoms with Gasteiger partial charge in [-0.25, -0.2) is 4.79 Å². The van der Waals surface area contributed by atoms with Crippen LogP contribution in [0, 0.1) is 0 Å². The molecule has 0 radical (unpaired) electrons. The first-order valence-electron chi connectivity index (χ1n) is 4.63. The molecule has 16 heavy (non-hydrogen) atoms. The molecule has 0 unspecified atom stereocenters. The van der Waals surface area contributed by atoms with Crippen molar-refractivity contribution in [2.75, 3.05) is 11.9 Å². The molecule has 0 aliphatic rings. The Morgan fingerprint density at radius 2 is 1.88 bits per heavy atom. The van der Waals surface area contributed by atoms with Crippen LogP contribution in [0.3, 0.4) is 0 Å². The quantitative estimate of drug-likeness (QED) is 0.676. The predicted octanol–water partition coefficient (Wildman–Crippen LogP) is 0.179. The fourth-order valence-electron chi connectivity index (χ4n) is 1.05. The number of nitrogens with two attached hydrogens (primary N) is 2. The molecule has 1 aromatic rings. The summed E-state index contributed by atoms with van der Waals surface area (Å²) in [6.45, 7) is 0.0486. The molecule has 0 saturated carbocycles. The normalized spacial score (nSPS) is 9.56. The van der Waals surface area contributed by atoms with Crippen molar-refractivity contribution in [2.24, 2.45) is 11.5 Å². The predicted molar refractivity (Wildman–Crippen MR) is 58.5 cm³/mol. The van der Waals surface area contributed by atoms with Crippen molar-refractivity contribution in [3.63, 3.8) is 0 Å². The Morgan fingerprint density at radius 3 is 2.38 bits per heavy atom. The van der Waals surface area contributed by atoms with Crippen LogP contribution in [0.25, 0.3) is 0 Å². The molecule has 5 N–H and O–H groups in total. The second-order valence-electron chi connectivity index (χ2n) is 3.06. The van der Waals surface area contributed by atoms with E-state index in [0.717, 1.165) is 5.56 Å². The number of amides is 2. The number of ether oxygens (including phenoxy) is 1. The summed E-state index contributed by atoms with van der Waals surface area (Å²) in [5.41, 5.74) is 11.4. The van der Waals surface area contributed by atoms with Crippen molar-refractivity contribution in [2.45, 2.75) is 6.61 Å². The summed E-state index contributed by atoms with van der Waals surface area (Å²) in [6.07, 6.45) is -0.819. The van der Waals surface area contributed by atoms with E-state index in [-0.39, 0.29) is 19.1 Å². The van der Waals surface area contributed by atoms with E-state index in [1.807, 2.05) is 0 Å². The van der Waals surface area contributed by atoms with Crippen LogP contribution in [-0.4, -0.2) is 18.5 Å². The summed E-state index contributed by atoms with van der Waals surface area (Å²) in [6, 6.07) is 6.81. The van der Waals surface area contributed by atoms with Gasteiger partial charge < -0.3 is 21.5 Å². The van der Waals surface area contributed by atoms with Gasteiger partial charge in [-0.05, 0) is 17.7 Å². The molecule has 0 saturated heterocycles. The SMILES string of the molecule is NCC(=O)Nc1ccc(COC(N)=O)cc1. The van der Waals surface area contributed by atoms with Gasteiger partial charge in [-0.15, -0.1) is 0 Å². The summed E-state index contributed by atoms with van der Waals surface area (Å²) < 4.78 is 4.60. The van der Waals surface area contributed by atoms with E-state index in [4.69, 9.17) is 11.5 Å². The molecule has 0 heterocycles. The minimum absolute atomic E-state index is 0.0630. The highest BCUT2D eigenvalue weighted by Crippen LogP contribution is 2.10. The maximum absolute atomic E-state index is 11.0. The molecular weight excluding hydrogens is 210 g/mol. The van der Waals surface area contributed by atoms with Gasteiger partial charge in [0.25, 0.3) is 0 Å². The van der Waals surface area contributed by atoms with E-state index < -0.39 is 6.09 Å². The molecule has 6 nitrogen and oxygen atoms in total. The van der Waals surface area contributed by atoms with E-state index in [1.165, 1.54) is 0 Å². The van der Waals surface area contributed by atoms with Gasteiger partial charge >= 0.3 is 6.09 Å². The van der Waals surface area contributed by atoms with Crippen LogP contribution < -0.4 is 16.8 Å². The molecule has 6 heteroatoms. The van der Waals surface area contributed by atoms with Crippen LogP contribution in [0.5, 0.6) is 0 Å². The Labute approximate surface area is 92.6 Å². The number of hydrogen-bond donors (Lipinski definition) is 3. The number of hydrogen-bond acceptors (Lipinski definition) is 4. The van der Waals surface area contributed by atoms with E-state index in [0.29, 0.717) is 5.69 Å². The monoisotopic (exact) mass is 223 g/mol. The first-order valence-corrected chi connectivity index (χ1v) is 4.63. The largest absolute Gasteiger partial charge is 0.445 e. The van der Waals surface area contributed by atoms with Gasteiger partial charge in [0.1, 0.15) is 6.61 Å². The lowest BCUT2D eigenvalue weighted by Gasteiger charge is -2.05. The Balaban J connectivity index is 2.54. The maximum Gasteiger partial charge on any atom is 0.404 e. The second-order valence-corrected chi connectivity index (χ2v) is 3.06. The van der Waals surface area contributed by atoms with E-state index in [2.05, 4.69) is 10.1 Å². The molecule has 0 fully saturated rings. The molecule has 86 valence electrons. The average molecular weight is 223 g/mol. The minimum atomic E-state index is -0.819. The van der Waals surface area contributed by atoms with Gasteiger partial charge in [0.15, 0.2) is 0 Å². The third-order valence-electron chi connectivity index (χ3n) is 1.80. The number of carbonyl (C=O) groups is 2. The van der Waals surface area contributed by atoms with Crippen LogP contribution in [0.2, 0.25) is 0 Å². The molecule has 0 aliphatic carbocycles. The summed E-state index contributed by atoms with van der Waals surface area (Å²) in [4.78, 5) is 21.3. The first kappa shape index (κ1) is 12.0. The standard InChI is InChI=1S/C10H13N3O3/c11-5-9(14)13-8-3-1-7(2-4-8)6-16-10(12)15/h1-4H,5-6,11H2,(H2,12,15)(H,13,14). The van der Waals surface area contributed by atoms with Crippen molar-refractivity contribution < 1.29 is 14.3 Å². The van der Waals surface area contributed by atoms with Crippen LogP contribution >= 0.6 is 0 Å². The van der Waals surface area contributed by atoms with Gasteiger partial charge in [-0.2, -0.15) is 0 Å². The highest BCUT2D eigenvalue weighted by molar-refractivity contribution is 5.92. The average Bonchev–Trinajstić information content (AvgIpc) is 2.28. The summed E-state index contributed by atoms with van der Waals surface area (Å²) >= 11 is 0. The molecule has 0 spiro atoms. The van der Waals surface area contributed by atoms with Crippen LogP contribution in [0.15, 0.2) is 24.3 Å². The lowest BCUT2D eigenvalue weighted by molar-refractivity contribution is -0.114. The Bertz CT molecular complexity index is 375. The lowest BCUT2D eigenvalue weighted by Crippen LogP contribution is -2.21. The topological polar surface area (TPSA) is 107 Å². The summed E-state index contributed by atoms with van der Waals surface area (Å²) in [5.74, 6) is -0.263. The number of carbonyl (C=O) groups excluding carboxylic acids is 2. The molecular formula is C10H13N3O3. The second kappa shape index (κ2) is 5.72. The number of anilines is 1. The summed E-state index contributed by atoms with van der Waals surface area (Å²) in [5, 5.41) is 2.59. The zero-order valence-corrected chi connectivity index (χ0v) is 8.60. The Morgan fingerprint density at radius 1 is 1.25 bits per heavy atom. The molecule has 0 atom stereocenters. The molecule has 1 aromatic carbocycles. The number of benzene rings is 1. The van der Waals surface area contributed by atoms with Crippen molar-refractivity contribution in [1.29, 1.82) is 0 Å². The zero-order chi connectivity index (χ0) is 12.0. The third-order valence-corrected chi connectivity index (χ3v) is 1.80. The molecule has 1 rings (SSSR count). The van der Waals surface area contributed by atoms with E-state index in [1.54, 1.807) is 24.3 Å². The molecule has 2 amide bonds. The number of rotatable bonds is 4. The Hall–Kier alpha value is -2.08. The van der Waals surface area contributed by atoms with Gasteiger partial charge in [-0.1, -0.05) is 12.1 Å².